The molecular formula is C9H18N2O2. The summed E-state index contributed by atoms with van der Waals surface area (Å²) in [6, 6.07) is 0. The van der Waals surface area contributed by atoms with E-state index in [-0.39, 0.29) is 5.91 Å². The van der Waals surface area contributed by atoms with Crippen molar-refractivity contribution >= 4 is 5.91 Å². The van der Waals surface area contributed by atoms with E-state index >= 15 is 0 Å². The maximum atomic E-state index is 11.0. The van der Waals surface area contributed by atoms with Crippen LogP contribution in [0.1, 0.15) is 6.42 Å². The second-order valence-corrected chi connectivity index (χ2v) is 2.59. The van der Waals surface area contributed by atoms with E-state index < -0.39 is 0 Å². The lowest BCUT2D eigenvalue weighted by molar-refractivity contribution is -0.120. The zero-order valence-electron chi connectivity index (χ0n) is 8.14. The Morgan fingerprint density at radius 2 is 2.31 bits per heavy atom. The molecule has 0 radical (unpaired) electrons. The maximum absolute atomic E-state index is 11.0. The van der Waals surface area contributed by atoms with Crippen LogP contribution in [0, 0.1) is 0 Å². The molecule has 13 heavy (non-hydrogen) atoms. The van der Waals surface area contributed by atoms with E-state index in [0.717, 1.165) is 6.54 Å². The number of hydrogen-bond acceptors (Lipinski definition) is 3. The summed E-state index contributed by atoms with van der Waals surface area (Å²) in [5, 5.41) is 5.78. The molecule has 0 atom stereocenters. The zero-order chi connectivity index (χ0) is 9.94. The van der Waals surface area contributed by atoms with Crippen molar-refractivity contribution in [2.24, 2.45) is 0 Å². The summed E-state index contributed by atoms with van der Waals surface area (Å²) in [5.41, 5.74) is 0. The molecule has 0 aromatic heterocycles. The highest BCUT2D eigenvalue weighted by Crippen LogP contribution is 1.77. The molecular weight excluding hydrogens is 168 g/mol. The number of carbonyl (C=O) groups is 1. The first-order chi connectivity index (χ1) is 6.31. The molecule has 0 spiro atoms. The molecule has 0 heterocycles. The monoisotopic (exact) mass is 186 g/mol. The molecule has 4 nitrogen and oxygen atoms in total. The summed E-state index contributed by atoms with van der Waals surface area (Å²) in [4.78, 5) is 11.0. The van der Waals surface area contributed by atoms with Crippen LogP contribution in [0.3, 0.4) is 0 Å². The van der Waals surface area contributed by atoms with E-state index in [1.54, 1.807) is 13.2 Å². The standard InChI is InChI=1S/C9H18N2O2/c1-3-5-11-9(12)4-6-10-7-8-13-2/h3,10H,1,4-8H2,2H3,(H,11,12). The van der Waals surface area contributed by atoms with E-state index in [1.807, 2.05) is 0 Å². The van der Waals surface area contributed by atoms with E-state index in [9.17, 15) is 4.79 Å². The fourth-order valence-corrected chi connectivity index (χ4v) is 0.776. The largest absolute Gasteiger partial charge is 0.383 e. The van der Waals surface area contributed by atoms with Gasteiger partial charge in [0.2, 0.25) is 5.91 Å². The normalized spacial score (nSPS) is 9.62. The maximum Gasteiger partial charge on any atom is 0.221 e. The predicted octanol–water partition coefficient (Wildman–Crippen LogP) is -0.0853. The summed E-state index contributed by atoms with van der Waals surface area (Å²) in [5.74, 6) is 0.0461. The van der Waals surface area contributed by atoms with Gasteiger partial charge in [-0.05, 0) is 0 Å². The molecule has 0 fully saturated rings. The number of amides is 1. The fourth-order valence-electron chi connectivity index (χ4n) is 0.776. The molecule has 0 rings (SSSR count). The van der Waals surface area contributed by atoms with Crippen molar-refractivity contribution in [1.82, 2.24) is 10.6 Å². The molecule has 0 aliphatic carbocycles. The smallest absolute Gasteiger partial charge is 0.221 e. The SMILES string of the molecule is C=CCNC(=O)CCNCCOC. The van der Waals surface area contributed by atoms with Crippen molar-refractivity contribution < 1.29 is 9.53 Å². The van der Waals surface area contributed by atoms with E-state index in [0.29, 0.717) is 26.1 Å². The Labute approximate surface area is 79.3 Å². The minimum Gasteiger partial charge on any atom is -0.383 e. The van der Waals surface area contributed by atoms with Gasteiger partial charge in [0, 0.05) is 33.2 Å². The Balaban J connectivity index is 3.12. The van der Waals surface area contributed by atoms with Crippen LogP contribution in [0.5, 0.6) is 0 Å². The van der Waals surface area contributed by atoms with E-state index in [4.69, 9.17) is 4.74 Å². The quantitative estimate of drug-likeness (QED) is 0.411. The number of nitrogens with one attached hydrogen (secondary N) is 2. The van der Waals surface area contributed by atoms with Crippen LogP contribution in [-0.2, 0) is 9.53 Å². The van der Waals surface area contributed by atoms with Gasteiger partial charge in [-0.3, -0.25) is 4.79 Å². The average molecular weight is 186 g/mol. The van der Waals surface area contributed by atoms with E-state index in [2.05, 4.69) is 17.2 Å². The van der Waals surface area contributed by atoms with Crippen LogP contribution in [0.2, 0.25) is 0 Å². The first-order valence-corrected chi connectivity index (χ1v) is 4.38. The molecule has 0 unspecified atom stereocenters. The van der Waals surface area contributed by atoms with Crippen molar-refractivity contribution in [2.45, 2.75) is 6.42 Å². The Morgan fingerprint density at radius 1 is 1.54 bits per heavy atom. The van der Waals surface area contributed by atoms with Gasteiger partial charge in [-0.15, -0.1) is 6.58 Å². The van der Waals surface area contributed by atoms with Crippen molar-refractivity contribution in [1.29, 1.82) is 0 Å². The second-order valence-electron chi connectivity index (χ2n) is 2.59. The minimum atomic E-state index is 0.0461. The Morgan fingerprint density at radius 3 is 2.92 bits per heavy atom. The van der Waals surface area contributed by atoms with Gasteiger partial charge in [0.1, 0.15) is 0 Å². The third kappa shape index (κ3) is 9.04. The third-order valence-electron chi connectivity index (χ3n) is 1.46. The number of ether oxygens (including phenoxy) is 1. The molecule has 1 amide bonds. The molecule has 0 aromatic carbocycles. The molecule has 0 saturated heterocycles. The van der Waals surface area contributed by atoms with Crippen molar-refractivity contribution in [3.05, 3.63) is 12.7 Å². The first-order valence-electron chi connectivity index (χ1n) is 4.38. The van der Waals surface area contributed by atoms with Gasteiger partial charge < -0.3 is 15.4 Å². The van der Waals surface area contributed by atoms with Gasteiger partial charge in [0.15, 0.2) is 0 Å². The summed E-state index contributed by atoms with van der Waals surface area (Å²) < 4.78 is 4.84. The predicted molar refractivity (Wildman–Crippen MR) is 52.6 cm³/mol. The zero-order valence-corrected chi connectivity index (χ0v) is 8.14. The van der Waals surface area contributed by atoms with Crippen LogP contribution < -0.4 is 10.6 Å². The third-order valence-corrected chi connectivity index (χ3v) is 1.46. The summed E-state index contributed by atoms with van der Waals surface area (Å²) in [6.45, 7) is 6.19. The topological polar surface area (TPSA) is 50.4 Å². The van der Waals surface area contributed by atoms with Gasteiger partial charge in [-0.25, -0.2) is 0 Å². The Hall–Kier alpha value is -0.870. The first kappa shape index (κ1) is 12.1. The number of methoxy groups -OCH3 is 1. The van der Waals surface area contributed by atoms with Gasteiger partial charge in [-0.2, -0.15) is 0 Å². The molecule has 4 heteroatoms. The molecule has 0 bridgehead atoms. The molecule has 0 aliphatic rings. The summed E-state index contributed by atoms with van der Waals surface area (Å²) in [6.07, 6.45) is 2.16. The lowest BCUT2D eigenvalue weighted by Crippen LogP contribution is -2.28. The minimum absolute atomic E-state index is 0.0461. The van der Waals surface area contributed by atoms with Gasteiger partial charge in [-0.1, -0.05) is 6.08 Å². The van der Waals surface area contributed by atoms with Crippen molar-refractivity contribution in [3.8, 4) is 0 Å². The lowest BCUT2D eigenvalue weighted by atomic mass is 10.4. The molecule has 76 valence electrons. The molecule has 0 aliphatic heterocycles. The Bertz CT molecular complexity index is 149. The number of hydrogen-bond donors (Lipinski definition) is 2. The summed E-state index contributed by atoms with van der Waals surface area (Å²) in [7, 11) is 1.65. The Kier molecular flexibility index (Phi) is 8.60. The van der Waals surface area contributed by atoms with Crippen LogP contribution in [0.15, 0.2) is 12.7 Å². The average Bonchev–Trinajstić information content (AvgIpc) is 2.14. The van der Waals surface area contributed by atoms with Gasteiger partial charge in [0.25, 0.3) is 0 Å². The highest BCUT2D eigenvalue weighted by molar-refractivity contribution is 5.76. The lowest BCUT2D eigenvalue weighted by Gasteiger charge is -2.03. The summed E-state index contributed by atoms with van der Waals surface area (Å²) >= 11 is 0. The highest BCUT2D eigenvalue weighted by atomic mass is 16.5. The fraction of sp³-hybridized carbons (Fsp3) is 0.667. The molecule has 0 aromatic rings. The number of rotatable bonds is 8. The van der Waals surface area contributed by atoms with Gasteiger partial charge in [0.05, 0.1) is 6.61 Å². The highest BCUT2D eigenvalue weighted by Gasteiger charge is 1.97. The van der Waals surface area contributed by atoms with Crippen molar-refractivity contribution in [2.75, 3.05) is 33.4 Å². The van der Waals surface area contributed by atoms with Crippen LogP contribution in [0.4, 0.5) is 0 Å². The van der Waals surface area contributed by atoms with Crippen LogP contribution >= 0.6 is 0 Å². The van der Waals surface area contributed by atoms with Crippen LogP contribution in [-0.4, -0.2) is 39.3 Å². The molecule has 0 saturated carbocycles. The molecule has 2 N–H and O–H groups in total. The van der Waals surface area contributed by atoms with Gasteiger partial charge >= 0.3 is 0 Å². The van der Waals surface area contributed by atoms with Crippen LogP contribution in [0.25, 0.3) is 0 Å². The van der Waals surface area contributed by atoms with Crippen molar-refractivity contribution in [3.63, 3.8) is 0 Å². The second kappa shape index (κ2) is 9.22. The number of carbonyl (C=O) groups excluding carboxylic acids is 1. The van der Waals surface area contributed by atoms with E-state index in [1.165, 1.54) is 0 Å².